The summed E-state index contributed by atoms with van der Waals surface area (Å²) in [6, 6.07) is 2.10. The van der Waals surface area contributed by atoms with Gasteiger partial charge in [-0.25, -0.2) is 8.78 Å². The van der Waals surface area contributed by atoms with E-state index in [9.17, 15) is 13.6 Å². The molecule has 1 N–H and O–H groups in total. The molecule has 1 fully saturated rings. The number of ether oxygens (including phenoxy) is 1. The first-order valence-corrected chi connectivity index (χ1v) is 5.28. The summed E-state index contributed by atoms with van der Waals surface area (Å²) in [5.74, 6) is -3.24. The number of rotatable bonds is 3. The molecule has 1 aliphatic rings. The summed E-state index contributed by atoms with van der Waals surface area (Å²) in [4.78, 5) is 11.2. The van der Waals surface area contributed by atoms with Crippen LogP contribution < -0.4 is 4.74 Å². The monoisotopic (exact) mass is 242 g/mol. The van der Waals surface area contributed by atoms with Gasteiger partial charge in [0.05, 0.1) is 12.5 Å². The van der Waals surface area contributed by atoms with Crippen molar-refractivity contribution in [2.45, 2.75) is 24.7 Å². The van der Waals surface area contributed by atoms with Gasteiger partial charge in [0.2, 0.25) is 0 Å². The van der Waals surface area contributed by atoms with E-state index in [2.05, 4.69) is 4.74 Å². The highest BCUT2D eigenvalue weighted by molar-refractivity contribution is 5.82. The first kappa shape index (κ1) is 11.8. The van der Waals surface area contributed by atoms with Crippen LogP contribution >= 0.6 is 0 Å². The van der Waals surface area contributed by atoms with Crippen molar-refractivity contribution in [3.63, 3.8) is 0 Å². The zero-order valence-electron chi connectivity index (χ0n) is 9.30. The van der Waals surface area contributed by atoms with E-state index in [1.54, 1.807) is 0 Å². The second kappa shape index (κ2) is 3.98. The Hall–Kier alpha value is -1.65. The van der Waals surface area contributed by atoms with Gasteiger partial charge in [0.1, 0.15) is 0 Å². The summed E-state index contributed by atoms with van der Waals surface area (Å²) >= 11 is 0. The summed E-state index contributed by atoms with van der Waals surface area (Å²) in [6.07, 6.45) is 1.57. The Kier molecular flexibility index (Phi) is 2.77. The van der Waals surface area contributed by atoms with Crippen LogP contribution in [0.4, 0.5) is 8.78 Å². The zero-order chi connectivity index (χ0) is 12.6. The van der Waals surface area contributed by atoms with Crippen LogP contribution in [0.2, 0.25) is 0 Å². The quantitative estimate of drug-likeness (QED) is 0.885. The van der Waals surface area contributed by atoms with Crippen LogP contribution in [0.15, 0.2) is 12.1 Å². The van der Waals surface area contributed by atoms with Gasteiger partial charge >= 0.3 is 5.97 Å². The summed E-state index contributed by atoms with van der Waals surface area (Å²) in [7, 11) is 1.16. The smallest absolute Gasteiger partial charge is 0.314 e. The first-order valence-electron chi connectivity index (χ1n) is 5.28. The third kappa shape index (κ3) is 1.66. The van der Waals surface area contributed by atoms with E-state index < -0.39 is 28.8 Å². The SMILES string of the molecule is COc1c(F)cc(C2(C(=O)O)CCC2)cc1F. The lowest BCUT2D eigenvalue weighted by molar-refractivity contribution is -0.147. The molecule has 0 saturated heterocycles. The van der Waals surface area contributed by atoms with Crippen LogP contribution in [0.1, 0.15) is 24.8 Å². The standard InChI is InChI=1S/C12H12F2O3/c1-17-10-8(13)5-7(6-9(10)14)12(11(15)16)3-2-4-12/h5-6H,2-4H2,1H3,(H,15,16). The van der Waals surface area contributed by atoms with Gasteiger partial charge in [0, 0.05) is 0 Å². The number of carbonyl (C=O) groups is 1. The molecule has 0 bridgehead atoms. The summed E-state index contributed by atoms with van der Waals surface area (Å²) in [6.45, 7) is 0. The maximum Gasteiger partial charge on any atom is 0.314 e. The van der Waals surface area contributed by atoms with Crippen LogP contribution in [0.25, 0.3) is 0 Å². The molecule has 1 aromatic carbocycles. The van der Waals surface area contributed by atoms with E-state index in [1.165, 1.54) is 0 Å². The molecular weight excluding hydrogens is 230 g/mol. The summed E-state index contributed by atoms with van der Waals surface area (Å²) in [5.41, 5.74) is -0.958. The fraction of sp³-hybridized carbons (Fsp3) is 0.417. The predicted octanol–water partition coefficient (Wildman–Crippen LogP) is 2.48. The molecule has 1 aromatic rings. The third-order valence-electron chi connectivity index (χ3n) is 3.37. The molecule has 0 atom stereocenters. The van der Waals surface area contributed by atoms with Gasteiger partial charge < -0.3 is 9.84 Å². The van der Waals surface area contributed by atoms with Gasteiger partial charge in [-0.05, 0) is 30.5 Å². The zero-order valence-corrected chi connectivity index (χ0v) is 9.30. The number of hydrogen-bond acceptors (Lipinski definition) is 2. The van der Waals surface area contributed by atoms with Crippen LogP contribution in [-0.4, -0.2) is 18.2 Å². The van der Waals surface area contributed by atoms with Crippen LogP contribution in [0.5, 0.6) is 5.75 Å². The van der Waals surface area contributed by atoms with Crippen molar-refractivity contribution in [1.82, 2.24) is 0 Å². The topological polar surface area (TPSA) is 46.5 Å². The largest absolute Gasteiger partial charge is 0.491 e. The first-order chi connectivity index (χ1) is 8.01. The Morgan fingerprint density at radius 1 is 1.35 bits per heavy atom. The highest BCUT2D eigenvalue weighted by Gasteiger charge is 2.46. The lowest BCUT2D eigenvalue weighted by atomic mass is 9.64. The van der Waals surface area contributed by atoms with Gasteiger partial charge in [-0.3, -0.25) is 4.79 Å². The minimum Gasteiger partial charge on any atom is -0.491 e. The molecule has 1 saturated carbocycles. The number of aliphatic carboxylic acids is 1. The Bertz CT molecular complexity index is 444. The Morgan fingerprint density at radius 2 is 1.88 bits per heavy atom. The average molecular weight is 242 g/mol. The highest BCUT2D eigenvalue weighted by atomic mass is 19.1. The molecule has 92 valence electrons. The summed E-state index contributed by atoms with van der Waals surface area (Å²) in [5, 5.41) is 9.17. The van der Waals surface area contributed by atoms with Crippen molar-refractivity contribution in [2.75, 3.05) is 7.11 Å². The fourth-order valence-corrected chi connectivity index (χ4v) is 2.19. The number of benzene rings is 1. The lowest BCUT2D eigenvalue weighted by Gasteiger charge is -2.38. The molecule has 0 unspecified atom stereocenters. The average Bonchev–Trinajstić information content (AvgIpc) is 2.14. The van der Waals surface area contributed by atoms with Gasteiger partial charge in [0.15, 0.2) is 17.4 Å². The molecule has 0 aliphatic heterocycles. The van der Waals surface area contributed by atoms with Crippen LogP contribution in [0.3, 0.4) is 0 Å². The van der Waals surface area contributed by atoms with Crippen molar-refractivity contribution >= 4 is 5.97 Å². The van der Waals surface area contributed by atoms with E-state index in [0.29, 0.717) is 12.8 Å². The number of carboxylic acid groups (broad SMARTS) is 1. The molecule has 0 radical (unpaired) electrons. The molecular formula is C12H12F2O3. The van der Waals surface area contributed by atoms with Crippen molar-refractivity contribution < 1.29 is 23.4 Å². The molecule has 0 aromatic heterocycles. The number of carboxylic acids is 1. The molecule has 0 heterocycles. The van der Waals surface area contributed by atoms with Crippen molar-refractivity contribution in [2.24, 2.45) is 0 Å². The van der Waals surface area contributed by atoms with Gasteiger partial charge in [-0.1, -0.05) is 6.42 Å². The molecule has 17 heavy (non-hydrogen) atoms. The number of methoxy groups -OCH3 is 1. The van der Waals surface area contributed by atoms with Crippen molar-refractivity contribution in [1.29, 1.82) is 0 Å². The molecule has 5 heteroatoms. The summed E-state index contributed by atoms with van der Waals surface area (Å²) < 4.78 is 31.6. The molecule has 2 rings (SSSR count). The van der Waals surface area contributed by atoms with E-state index in [0.717, 1.165) is 25.7 Å². The minimum absolute atomic E-state index is 0.173. The van der Waals surface area contributed by atoms with Crippen LogP contribution in [0, 0.1) is 11.6 Å². The Balaban J connectivity index is 2.50. The van der Waals surface area contributed by atoms with E-state index in [4.69, 9.17) is 5.11 Å². The van der Waals surface area contributed by atoms with Gasteiger partial charge in [-0.15, -0.1) is 0 Å². The van der Waals surface area contributed by atoms with E-state index >= 15 is 0 Å². The highest BCUT2D eigenvalue weighted by Crippen LogP contribution is 2.45. The maximum absolute atomic E-state index is 13.5. The number of hydrogen-bond donors (Lipinski definition) is 1. The normalized spacial score (nSPS) is 17.4. The van der Waals surface area contributed by atoms with E-state index in [1.807, 2.05) is 0 Å². The van der Waals surface area contributed by atoms with E-state index in [-0.39, 0.29) is 5.56 Å². The molecule has 0 amide bonds. The molecule has 1 aliphatic carbocycles. The minimum atomic E-state index is -1.13. The third-order valence-corrected chi connectivity index (χ3v) is 3.37. The number of halogens is 2. The Morgan fingerprint density at radius 3 is 2.18 bits per heavy atom. The Labute approximate surface area is 97.0 Å². The van der Waals surface area contributed by atoms with Crippen molar-refractivity contribution in [3.05, 3.63) is 29.3 Å². The second-order valence-electron chi connectivity index (χ2n) is 4.21. The van der Waals surface area contributed by atoms with Gasteiger partial charge in [-0.2, -0.15) is 0 Å². The van der Waals surface area contributed by atoms with Gasteiger partial charge in [0.25, 0.3) is 0 Å². The van der Waals surface area contributed by atoms with Crippen LogP contribution in [-0.2, 0) is 10.2 Å². The molecule has 3 nitrogen and oxygen atoms in total. The predicted molar refractivity (Wildman–Crippen MR) is 56.1 cm³/mol. The van der Waals surface area contributed by atoms with Crippen molar-refractivity contribution in [3.8, 4) is 5.75 Å². The second-order valence-corrected chi connectivity index (χ2v) is 4.21. The lowest BCUT2D eigenvalue weighted by Crippen LogP contribution is -2.42. The maximum atomic E-state index is 13.5. The molecule has 0 spiro atoms. The fourth-order valence-electron chi connectivity index (χ4n) is 2.19.